The second-order valence-electron chi connectivity index (χ2n) is 6.59. The van der Waals surface area contributed by atoms with E-state index in [0.717, 1.165) is 51.7 Å². The van der Waals surface area contributed by atoms with Crippen LogP contribution in [0.5, 0.6) is 0 Å². The molecule has 0 aliphatic carbocycles. The maximum absolute atomic E-state index is 4.80. The summed E-state index contributed by atoms with van der Waals surface area (Å²) in [6.45, 7) is 2.18. The number of hydrogen-bond acceptors (Lipinski definition) is 6. The Kier molecular flexibility index (Phi) is 4.00. The van der Waals surface area contributed by atoms with E-state index in [2.05, 4.69) is 43.5 Å². The minimum absolute atomic E-state index is 0.768. The van der Waals surface area contributed by atoms with Crippen LogP contribution >= 0.6 is 11.3 Å². The molecule has 1 saturated heterocycles. The first-order valence-electron chi connectivity index (χ1n) is 8.89. The highest BCUT2D eigenvalue weighted by atomic mass is 32.1. The molecule has 1 aliphatic rings. The van der Waals surface area contributed by atoms with E-state index in [1.54, 1.807) is 11.3 Å². The van der Waals surface area contributed by atoms with Gasteiger partial charge in [0.05, 0.1) is 21.9 Å². The average molecular weight is 366 g/mol. The van der Waals surface area contributed by atoms with Crippen LogP contribution in [-0.2, 0) is 0 Å². The highest BCUT2D eigenvalue weighted by molar-refractivity contribution is 7.17. The van der Waals surface area contributed by atoms with Crippen LogP contribution in [0.4, 0.5) is 17.5 Å². The number of H-pyrrole nitrogens is 1. The summed E-state index contributed by atoms with van der Waals surface area (Å²) >= 11 is 1.66. The standard InChI is InChI=1S/C18H19N7S/c1-2-7-25(8-3-1)24-18-21-15-6-9-26-16(15)17(22-18)20-13-4-5-14-12(10-13)11-19-23-14/h4-6,9-11H,1-3,7-8H2,(H,19,23)(H2,20,21,22,24)/p+1. The van der Waals surface area contributed by atoms with Crippen molar-refractivity contribution in [2.24, 2.45) is 0 Å². The molecule has 5 rings (SSSR count). The topological polar surface area (TPSA) is 86.3 Å². The number of nitrogens with zero attached hydrogens (tertiary/aromatic N) is 4. The van der Waals surface area contributed by atoms with E-state index in [0.29, 0.717) is 0 Å². The molecule has 0 bridgehead atoms. The van der Waals surface area contributed by atoms with Gasteiger partial charge < -0.3 is 5.32 Å². The molecule has 132 valence electrons. The molecule has 1 aliphatic heterocycles. The van der Waals surface area contributed by atoms with Crippen molar-refractivity contribution in [1.29, 1.82) is 0 Å². The summed E-state index contributed by atoms with van der Waals surface area (Å²) in [6, 6.07) is 8.20. The Morgan fingerprint density at radius 1 is 1.12 bits per heavy atom. The van der Waals surface area contributed by atoms with Crippen molar-refractivity contribution in [3.8, 4) is 0 Å². The number of aromatic nitrogens is 4. The lowest BCUT2D eigenvalue weighted by Crippen LogP contribution is -2.90. The van der Waals surface area contributed by atoms with Crippen molar-refractivity contribution in [2.75, 3.05) is 18.4 Å². The molecule has 7 nitrogen and oxygen atoms in total. The SMILES string of the molecule is c1cc2nc([NH2+]N3CCCCC3)nc(Nc3ccc4[nH]ncc4c3)c2s1. The summed E-state index contributed by atoms with van der Waals surface area (Å²) in [6.07, 6.45) is 5.63. The largest absolute Gasteiger partial charge is 0.348 e. The number of nitrogens with two attached hydrogens (primary N) is 1. The van der Waals surface area contributed by atoms with Crippen molar-refractivity contribution in [3.05, 3.63) is 35.8 Å². The molecule has 0 atom stereocenters. The molecule has 1 aromatic carbocycles. The van der Waals surface area contributed by atoms with Crippen LogP contribution < -0.4 is 10.7 Å². The van der Waals surface area contributed by atoms with Crippen molar-refractivity contribution in [2.45, 2.75) is 19.3 Å². The molecule has 1 fully saturated rings. The van der Waals surface area contributed by atoms with Gasteiger partial charge in [-0.2, -0.15) is 20.1 Å². The number of fused-ring (bicyclic) bond motifs is 2. The van der Waals surface area contributed by atoms with E-state index in [4.69, 9.17) is 9.97 Å². The normalized spacial score (nSPS) is 15.7. The quantitative estimate of drug-likeness (QED) is 0.484. The Morgan fingerprint density at radius 2 is 2.04 bits per heavy atom. The number of quaternary nitrogens is 1. The molecule has 0 amide bonds. The van der Waals surface area contributed by atoms with Crippen LogP contribution in [0.3, 0.4) is 0 Å². The van der Waals surface area contributed by atoms with Crippen molar-refractivity contribution < 1.29 is 5.43 Å². The van der Waals surface area contributed by atoms with Crippen molar-refractivity contribution in [3.63, 3.8) is 0 Å². The number of nitrogens with one attached hydrogen (secondary N) is 2. The van der Waals surface area contributed by atoms with Gasteiger partial charge in [-0.25, -0.2) is 5.43 Å². The third-order valence-electron chi connectivity index (χ3n) is 4.71. The first-order chi connectivity index (χ1) is 12.8. The van der Waals surface area contributed by atoms with Crippen molar-refractivity contribution >= 4 is 49.9 Å². The number of benzene rings is 1. The molecule has 0 saturated carbocycles. The van der Waals surface area contributed by atoms with Crippen molar-refractivity contribution in [1.82, 2.24) is 25.2 Å². The molecule has 26 heavy (non-hydrogen) atoms. The van der Waals surface area contributed by atoms with Gasteiger partial charge in [0.15, 0.2) is 5.82 Å². The minimum Gasteiger partial charge on any atom is -0.339 e. The lowest BCUT2D eigenvalue weighted by atomic mass is 10.2. The monoisotopic (exact) mass is 366 g/mol. The van der Waals surface area contributed by atoms with Gasteiger partial charge in [0.25, 0.3) is 0 Å². The first kappa shape index (κ1) is 15.7. The van der Waals surface area contributed by atoms with Gasteiger partial charge in [0, 0.05) is 24.2 Å². The number of rotatable bonds is 4. The third kappa shape index (κ3) is 3.03. The molecule has 3 aromatic heterocycles. The van der Waals surface area contributed by atoms with Gasteiger partial charge in [-0.3, -0.25) is 5.10 Å². The van der Waals surface area contributed by atoms with E-state index in [1.807, 2.05) is 18.3 Å². The van der Waals surface area contributed by atoms with E-state index in [1.165, 1.54) is 19.3 Å². The van der Waals surface area contributed by atoms with Crippen LogP contribution in [0.25, 0.3) is 21.1 Å². The van der Waals surface area contributed by atoms with E-state index >= 15 is 0 Å². The Bertz CT molecular complexity index is 1050. The Labute approximate surface area is 154 Å². The van der Waals surface area contributed by atoms with Gasteiger partial charge in [0.2, 0.25) is 0 Å². The average Bonchev–Trinajstić information content (AvgIpc) is 3.31. The summed E-state index contributed by atoms with van der Waals surface area (Å²) in [5.74, 6) is 1.63. The fourth-order valence-electron chi connectivity index (χ4n) is 3.39. The van der Waals surface area contributed by atoms with Crippen LogP contribution in [0, 0.1) is 0 Å². The van der Waals surface area contributed by atoms with Crippen LogP contribution in [-0.4, -0.2) is 38.3 Å². The number of aromatic amines is 1. The highest BCUT2D eigenvalue weighted by Gasteiger charge is 2.18. The number of anilines is 2. The fourth-order valence-corrected chi connectivity index (χ4v) is 4.17. The summed E-state index contributed by atoms with van der Waals surface area (Å²) in [4.78, 5) is 9.52. The van der Waals surface area contributed by atoms with Crippen LogP contribution in [0.1, 0.15) is 19.3 Å². The molecular formula is C18H20N7S+. The molecule has 0 spiro atoms. The third-order valence-corrected chi connectivity index (χ3v) is 5.62. The van der Waals surface area contributed by atoms with Gasteiger partial charge in [-0.1, -0.05) is 6.42 Å². The summed E-state index contributed by atoms with van der Waals surface area (Å²) in [5, 5.41) is 16.0. The zero-order valence-electron chi connectivity index (χ0n) is 14.3. The van der Waals surface area contributed by atoms with Gasteiger partial charge in [-0.15, -0.1) is 11.3 Å². The first-order valence-corrected chi connectivity index (χ1v) is 9.77. The van der Waals surface area contributed by atoms with Gasteiger partial charge >= 0.3 is 5.95 Å². The zero-order valence-corrected chi connectivity index (χ0v) is 15.1. The highest BCUT2D eigenvalue weighted by Crippen LogP contribution is 2.29. The zero-order chi connectivity index (χ0) is 17.3. The summed E-state index contributed by atoms with van der Waals surface area (Å²) in [7, 11) is 0. The molecule has 4 N–H and O–H groups in total. The van der Waals surface area contributed by atoms with Crippen LogP contribution in [0.15, 0.2) is 35.8 Å². The smallest absolute Gasteiger partial charge is 0.339 e. The number of thiophene rings is 1. The van der Waals surface area contributed by atoms with Gasteiger partial charge in [0.1, 0.15) is 0 Å². The van der Waals surface area contributed by atoms with E-state index < -0.39 is 0 Å². The van der Waals surface area contributed by atoms with E-state index in [9.17, 15) is 0 Å². The molecule has 4 aromatic rings. The summed E-state index contributed by atoms with van der Waals surface area (Å²) < 4.78 is 1.08. The molecule has 0 unspecified atom stereocenters. The lowest BCUT2D eigenvalue weighted by Gasteiger charge is -2.22. The van der Waals surface area contributed by atoms with E-state index in [-0.39, 0.29) is 0 Å². The second-order valence-corrected chi connectivity index (χ2v) is 7.50. The lowest BCUT2D eigenvalue weighted by molar-refractivity contribution is -0.745. The predicted octanol–water partition coefficient (Wildman–Crippen LogP) is 2.91. The Morgan fingerprint density at radius 3 is 2.96 bits per heavy atom. The summed E-state index contributed by atoms with van der Waals surface area (Å²) in [5.41, 5.74) is 5.11. The van der Waals surface area contributed by atoms with Crippen LogP contribution in [0.2, 0.25) is 0 Å². The van der Waals surface area contributed by atoms with Gasteiger partial charge in [-0.05, 0) is 42.5 Å². The molecule has 4 heterocycles. The number of piperidine rings is 1. The minimum atomic E-state index is 0.768. The maximum atomic E-state index is 4.80. The molecule has 0 radical (unpaired) electrons. The fraction of sp³-hybridized carbons (Fsp3) is 0.278. The maximum Gasteiger partial charge on any atom is 0.348 e. The number of hydrogen-bond donors (Lipinski definition) is 3. The second kappa shape index (κ2) is 6.64. The Hall–Kier alpha value is -2.55. The Balaban J connectivity index is 1.47. The molecular weight excluding hydrogens is 346 g/mol. The predicted molar refractivity (Wildman–Crippen MR) is 104 cm³/mol. The molecule has 8 heteroatoms.